The predicted molar refractivity (Wildman–Crippen MR) is 93.4 cm³/mol. The van der Waals surface area contributed by atoms with Gasteiger partial charge in [0.1, 0.15) is 0 Å². The number of anilines is 2. The monoisotopic (exact) mass is 315 g/mol. The van der Waals surface area contributed by atoms with Gasteiger partial charge in [-0.05, 0) is 56.8 Å². The minimum atomic E-state index is -0.132. The van der Waals surface area contributed by atoms with E-state index in [-0.39, 0.29) is 18.4 Å². The van der Waals surface area contributed by atoms with Crippen LogP contribution in [0.4, 0.5) is 11.4 Å². The van der Waals surface area contributed by atoms with Crippen LogP contribution in [0.1, 0.15) is 39.0 Å². The third-order valence-electron chi connectivity index (χ3n) is 3.76. The van der Waals surface area contributed by atoms with Crippen LogP contribution in [0.5, 0.6) is 0 Å². The van der Waals surface area contributed by atoms with E-state index in [9.17, 15) is 9.59 Å². The molecule has 0 aromatic heterocycles. The first kappa shape index (κ1) is 17.2. The summed E-state index contributed by atoms with van der Waals surface area (Å²) in [5.41, 5.74) is 2.86. The Morgan fingerprint density at radius 3 is 2.61 bits per heavy atom. The molecule has 2 amide bonds. The van der Waals surface area contributed by atoms with Crippen molar-refractivity contribution in [3.05, 3.63) is 35.9 Å². The molecular weight excluding hydrogens is 290 g/mol. The molecule has 5 nitrogen and oxygen atoms in total. The van der Waals surface area contributed by atoms with E-state index in [1.807, 2.05) is 0 Å². The first-order valence-corrected chi connectivity index (χ1v) is 8.19. The van der Waals surface area contributed by atoms with E-state index in [1.54, 1.807) is 24.3 Å². The molecule has 0 saturated carbocycles. The predicted octanol–water partition coefficient (Wildman–Crippen LogP) is 3.06. The lowest BCUT2D eigenvalue weighted by molar-refractivity contribution is -0.115. The van der Waals surface area contributed by atoms with Crippen LogP contribution < -0.4 is 16.0 Å². The van der Waals surface area contributed by atoms with Crippen molar-refractivity contribution in [3.63, 3.8) is 0 Å². The summed E-state index contributed by atoms with van der Waals surface area (Å²) in [6, 6.07) is 7.12. The lowest BCUT2D eigenvalue weighted by Gasteiger charge is -2.13. The Bertz CT molecular complexity index is 581. The number of rotatable bonds is 7. The van der Waals surface area contributed by atoms with Crippen molar-refractivity contribution in [1.82, 2.24) is 5.32 Å². The van der Waals surface area contributed by atoms with Crippen molar-refractivity contribution in [3.8, 4) is 0 Å². The van der Waals surface area contributed by atoms with Gasteiger partial charge in [0.25, 0.3) is 0 Å². The van der Waals surface area contributed by atoms with Crippen LogP contribution in [0.25, 0.3) is 0 Å². The summed E-state index contributed by atoms with van der Waals surface area (Å²) in [5.74, 6) is -0.213. The molecule has 0 aliphatic heterocycles. The molecule has 5 heteroatoms. The maximum Gasteiger partial charge on any atom is 0.238 e. The van der Waals surface area contributed by atoms with Crippen molar-refractivity contribution in [2.75, 3.05) is 23.7 Å². The highest BCUT2D eigenvalue weighted by atomic mass is 16.2. The fourth-order valence-electron chi connectivity index (χ4n) is 2.67. The highest BCUT2D eigenvalue weighted by molar-refractivity contribution is 5.94. The molecule has 0 bridgehead atoms. The van der Waals surface area contributed by atoms with Gasteiger partial charge < -0.3 is 16.0 Å². The van der Waals surface area contributed by atoms with Gasteiger partial charge in [0.15, 0.2) is 0 Å². The lowest BCUT2D eigenvalue weighted by Crippen LogP contribution is -2.29. The van der Waals surface area contributed by atoms with Crippen LogP contribution in [-0.4, -0.2) is 24.9 Å². The summed E-state index contributed by atoms with van der Waals surface area (Å²) in [6.45, 7) is 2.57. The Balaban J connectivity index is 1.70. The molecule has 23 heavy (non-hydrogen) atoms. The van der Waals surface area contributed by atoms with E-state index in [0.29, 0.717) is 11.4 Å². The third kappa shape index (κ3) is 6.65. The van der Waals surface area contributed by atoms with Crippen molar-refractivity contribution in [1.29, 1.82) is 0 Å². The number of carbonyl (C=O) groups excluding carboxylic acids is 2. The van der Waals surface area contributed by atoms with E-state index < -0.39 is 0 Å². The highest BCUT2D eigenvalue weighted by Gasteiger charge is 2.05. The molecule has 1 aromatic carbocycles. The number of allylic oxidation sites excluding steroid dienone is 1. The van der Waals surface area contributed by atoms with E-state index >= 15 is 0 Å². The second-order valence-corrected chi connectivity index (χ2v) is 5.85. The minimum absolute atomic E-state index is 0.0809. The number of nitrogens with one attached hydrogen (secondary N) is 3. The van der Waals surface area contributed by atoms with Gasteiger partial charge in [-0.15, -0.1) is 0 Å². The zero-order chi connectivity index (χ0) is 16.5. The summed E-state index contributed by atoms with van der Waals surface area (Å²) >= 11 is 0. The molecule has 1 aliphatic rings. The van der Waals surface area contributed by atoms with Crippen LogP contribution in [0.3, 0.4) is 0 Å². The number of amides is 2. The maximum atomic E-state index is 11.9. The molecule has 0 spiro atoms. The Morgan fingerprint density at radius 1 is 1.13 bits per heavy atom. The minimum Gasteiger partial charge on any atom is -0.326 e. The molecule has 1 aliphatic carbocycles. The molecule has 0 fully saturated rings. The Hall–Kier alpha value is -2.14. The van der Waals surface area contributed by atoms with Crippen molar-refractivity contribution < 1.29 is 9.59 Å². The summed E-state index contributed by atoms with van der Waals surface area (Å²) in [7, 11) is 0. The van der Waals surface area contributed by atoms with Gasteiger partial charge in [0.2, 0.25) is 11.8 Å². The normalized spacial score (nSPS) is 14.0. The topological polar surface area (TPSA) is 70.2 Å². The van der Waals surface area contributed by atoms with Gasteiger partial charge >= 0.3 is 0 Å². The number of benzene rings is 1. The Labute approximate surface area is 137 Å². The smallest absolute Gasteiger partial charge is 0.238 e. The standard InChI is InChI=1S/C18H25N3O2/c1-14(22)20-16-8-5-9-17(12-16)21-18(23)13-19-11-10-15-6-3-2-4-7-15/h5-6,8-9,12,19H,2-4,7,10-11,13H2,1H3,(H,20,22)(H,21,23). The molecular formula is C18H25N3O2. The summed E-state index contributed by atoms with van der Waals surface area (Å²) in [5, 5.41) is 8.70. The number of hydrogen-bond acceptors (Lipinski definition) is 3. The molecule has 3 N–H and O–H groups in total. The zero-order valence-electron chi connectivity index (χ0n) is 13.7. The Kier molecular flexibility index (Phi) is 6.81. The maximum absolute atomic E-state index is 11.9. The Morgan fingerprint density at radius 2 is 1.91 bits per heavy atom. The molecule has 0 unspecified atom stereocenters. The van der Waals surface area contributed by atoms with Gasteiger partial charge in [0.05, 0.1) is 6.54 Å². The van der Waals surface area contributed by atoms with Crippen molar-refractivity contribution in [2.24, 2.45) is 0 Å². The fourth-order valence-corrected chi connectivity index (χ4v) is 2.67. The zero-order valence-corrected chi connectivity index (χ0v) is 13.7. The average Bonchev–Trinajstić information content (AvgIpc) is 2.52. The van der Waals surface area contributed by atoms with Gasteiger partial charge in [-0.2, -0.15) is 0 Å². The van der Waals surface area contributed by atoms with Crippen LogP contribution in [0, 0.1) is 0 Å². The number of hydrogen-bond donors (Lipinski definition) is 3. The van der Waals surface area contributed by atoms with Crippen molar-refractivity contribution in [2.45, 2.75) is 39.0 Å². The largest absolute Gasteiger partial charge is 0.326 e. The molecule has 0 atom stereocenters. The van der Waals surface area contributed by atoms with E-state index in [0.717, 1.165) is 13.0 Å². The van der Waals surface area contributed by atoms with E-state index in [1.165, 1.54) is 38.2 Å². The summed E-state index contributed by atoms with van der Waals surface area (Å²) in [4.78, 5) is 23.0. The van der Waals surface area contributed by atoms with E-state index in [4.69, 9.17) is 0 Å². The molecule has 124 valence electrons. The molecule has 0 radical (unpaired) electrons. The van der Waals surface area contributed by atoms with Gasteiger partial charge in [-0.25, -0.2) is 0 Å². The summed E-state index contributed by atoms with van der Waals surface area (Å²) in [6.07, 6.45) is 8.34. The van der Waals surface area contributed by atoms with E-state index in [2.05, 4.69) is 22.0 Å². The number of carbonyl (C=O) groups is 2. The lowest BCUT2D eigenvalue weighted by atomic mass is 9.97. The van der Waals surface area contributed by atoms with Crippen LogP contribution in [-0.2, 0) is 9.59 Å². The SMILES string of the molecule is CC(=O)Nc1cccc(NC(=O)CNCCC2=CCCCC2)c1. The second kappa shape index (κ2) is 9.10. The van der Waals surface area contributed by atoms with Crippen LogP contribution in [0.15, 0.2) is 35.9 Å². The van der Waals surface area contributed by atoms with Gasteiger partial charge in [0, 0.05) is 18.3 Å². The second-order valence-electron chi connectivity index (χ2n) is 5.85. The van der Waals surface area contributed by atoms with Gasteiger partial charge in [-0.1, -0.05) is 17.7 Å². The first-order chi connectivity index (χ1) is 11.1. The quantitative estimate of drug-likeness (QED) is 0.535. The molecule has 1 aromatic rings. The molecule has 2 rings (SSSR count). The van der Waals surface area contributed by atoms with Crippen LogP contribution in [0.2, 0.25) is 0 Å². The third-order valence-corrected chi connectivity index (χ3v) is 3.76. The molecule has 0 saturated heterocycles. The van der Waals surface area contributed by atoms with Crippen LogP contribution >= 0.6 is 0 Å². The summed E-state index contributed by atoms with van der Waals surface area (Å²) < 4.78 is 0. The average molecular weight is 315 g/mol. The first-order valence-electron chi connectivity index (χ1n) is 8.19. The van der Waals surface area contributed by atoms with Crippen molar-refractivity contribution >= 4 is 23.2 Å². The van der Waals surface area contributed by atoms with Gasteiger partial charge in [-0.3, -0.25) is 9.59 Å². The fraction of sp³-hybridized carbons (Fsp3) is 0.444. The highest BCUT2D eigenvalue weighted by Crippen LogP contribution is 2.19. The molecule has 0 heterocycles.